The second kappa shape index (κ2) is 5.37. The Hall–Kier alpha value is -0.680. The molecule has 2 rings (SSSR count). The van der Waals surface area contributed by atoms with Crippen LogP contribution in [-0.2, 0) is 4.79 Å². The van der Waals surface area contributed by atoms with E-state index >= 15 is 0 Å². The van der Waals surface area contributed by atoms with E-state index in [9.17, 15) is 14.3 Å². The summed E-state index contributed by atoms with van der Waals surface area (Å²) in [5, 5.41) is 13.0. The highest BCUT2D eigenvalue weighted by atomic mass is 19.1. The fourth-order valence-electron chi connectivity index (χ4n) is 3.05. The van der Waals surface area contributed by atoms with Crippen LogP contribution in [0.4, 0.5) is 4.39 Å². The second-order valence-electron chi connectivity index (χ2n) is 6.58. The number of hydrogen-bond donors (Lipinski definition) is 2. The van der Waals surface area contributed by atoms with Crippen molar-refractivity contribution in [1.29, 1.82) is 0 Å². The zero-order valence-corrected chi connectivity index (χ0v) is 12.0. The molecule has 1 saturated heterocycles. The molecule has 4 nitrogen and oxygen atoms in total. The monoisotopic (exact) mass is 272 g/mol. The van der Waals surface area contributed by atoms with Gasteiger partial charge in [0.25, 0.3) is 0 Å². The van der Waals surface area contributed by atoms with Gasteiger partial charge in [0.2, 0.25) is 5.91 Å². The maximum absolute atomic E-state index is 13.4. The van der Waals surface area contributed by atoms with Gasteiger partial charge < -0.3 is 10.4 Å². The van der Waals surface area contributed by atoms with Crippen molar-refractivity contribution in [3.05, 3.63) is 0 Å². The first-order valence-electron chi connectivity index (χ1n) is 7.20. The van der Waals surface area contributed by atoms with E-state index in [0.29, 0.717) is 25.4 Å². The number of carbonyl (C=O) groups excluding carboxylic acids is 1. The Morgan fingerprint density at radius 3 is 2.58 bits per heavy atom. The largest absolute Gasteiger partial charge is 0.390 e. The van der Waals surface area contributed by atoms with Gasteiger partial charge in [0, 0.05) is 25.0 Å². The van der Waals surface area contributed by atoms with E-state index in [1.807, 2.05) is 0 Å². The molecule has 0 aromatic heterocycles. The van der Waals surface area contributed by atoms with Crippen LogP contribution in [0, 0.1) is 5.92 Å². The van der Waals surface area contributed by atoms with Gasteiger partial charge in [0.15, 0.2) is 0 Å². The van der Waals surface area contributed by atoms with Crippen LogP contribution in [0.15, 0.2) is 0 Å². The summed E-state index contributed by atoms with van der Waals surface area (Å²) >= 11 is 0. The van der Waals surface area contributed by atoms with Crippen LogP contribution < -0.4 is 5.32 Å². The lowest BCUT2D eigenvalue weighted by Crippen LogP contribution is -2.57. The lowest BCUT2D eigenvalue weighted by molar-refractivity contribution is -0.135. The number of aliphatic hydroxyl groups excluding tert-OH is 1. The molecule has 1 aliphatic heterocycles. The van der Waals surface area contributed by atoms with Crippen LogP contribution in [0.25, 0.3) is 0 Å². The Balaban J connectivity index is 1.79. The number of β-amino-alcohol motifs (C(OH)–C–C–N with tert-alkyl or cyclic N) is 1. The number of alkyl halides is 1. The molecule has 2 N–H and O–H groups in total. The minimum atomic E-state index is -1.18. The van der Waals surface area contributed by atoms with Crippen LogP contribution >= 0.6 is 0 Å². The third kappa shape index (κ3) is 3.45. The summed E-state index contributed by atoms with van der Waals surface area (Å²) in [5.41, 5.74) is -1.18. The second-order valence-corrected chi connectivity index (χ2v) is 6.58. The number of aliphatic hydroxyl groups is 1. The average Bonchev–Trinajstić information content (AvgIpc) is 2.28. The summed E-state index contributed by atoms with van der Waals surface area (Å²) in [6.45, 7) is 7.20. The standard InChI is InChI=1S/C14H25FN2O2/c1-9(2)17-5-4-11(12(18)8-17)16-13(19)10-6-14(3,15)7-10/h9-12,18H,4-8H2,1-3H3,(H,16,19). The van der Waals surface area contributed by atoms with Crippen molar-refractivity contribution in [1.82, 2.24) is 10.2 Å². The highest BCUT2D eigenvalue weighted by molar-refractivity contribution is 5.80. The highest BCUT2D eigenvalue weighted by Gasteiger charge is 2.45. The van der Waals surface area contributed by atoms with Crippen LogP contribution in [-0.4, -0.2) is 52.9 Å². The molecule has 2 aliphatic rings. The zero-order chi connectivity index (χ0) is 14.2. The van der Waals surface area contributed by atoms with Crippen molar-refractivity contribution in [2.75, 3.05) is 13.1 Å². The molecule has 0 bridgehead atoms. The molecule has 5 heteroatoms. The Kier molecular flexibility index (Phi) is 4.16. The molecule has 1 heterocycles. The molecule has 2 atom stereocenters. The third-order valence-electron chi connectivity index (χ3n) is 4.39. The summed E-state index contributed by atoms with van der Waals surface area (Å²) in [5.74, 6) is -0.317. The molecule has 1 amide bonds. The Labute approximate surface area is 114 Å². The molecule has 110 valence electrons. The van der Waals surface area contributed by atoms with Crippen molar-refractivity contribution in [2.24, 2.45) is 5.92 Å². The van der Waals surface area contributed by atoms with Crippen LogP contribution in [0.3, 0.4) is 0 Å². The molecule has 0 radical (unpaired) electrons. The van der Waals surface area contributed by atoms with Gasteiger partial charge in [-0.25, -0.2) is 4.39 Å². The quantitative estimate of drug-likeness (QED) is 0.808. The fraction of sp³-hybridized carbons (Fsp3) is 0.929. The topological polar surface area (TPSA) is 52.6 Å². The minimum Gasteiger partial charge on any atom is -0.390 e. The van der Waals surface area contributed by atoms with Gasteiger partial charge in [-0.3, -0.25) is 9.69 Å². The van der Waals surface area contributed by atoms with Gasteiger partial charge in [0.05, 0.1) is 12.1 Å². The van der Waals surface area contributed by atoms with E-state index < -0.39 is 11.8 Å². The van der Waals surface area contributed by atoms with Gasteiger partial charge in [-0.2, -0.15) is 0 Å². The molecule has 1 aliphatic carbocycles. The molecule has 2 unspecified atom stereocenters. The Morgan fingerprint density at radius 2 is 2.11 bits per heavy atom. The average molecular weight is 272 g/mol. The van der Waals surface area contributed by atoms with Crippen molar-refractivity contribution >= 4 is 5.91 Å². The Morgan fingerprint density at radius 1 is 1.47 bits per heavy atom. The maximum Gasteiger partial charge on any atom is 0.223 e. The smallest absolute Gasteiger partial charge is 0.223 e. The van der Waals surface area contributed by atoms with Gasteiger partial charge in [-0.05, 0) is 40.0 Å². The molecule has 19 heavy (non-hydrogen) atoms. The summed E-state index contributed by atoms with van der Waals surface area (Å²) in [6.07, 6.45) is 0.835. The Bertz CT molecular complexity index is 338. The van der Waals surface area contributed by atoms with Gasteiger partial charge in [-0.1, -0.05) is 0 Å². The van der Waals surface area contributed by atoms with Crippen molar-refractivity contribution in [3.63, 3.8) is 0 Å². The summed E-state index contributed by atoms with van der Waals surface area (Å²) in [6, 6.07) is 0.221. The van der Waals surface area contributed by atoms with E-state index in [2.05, 4.69) is 24.1 Å². The maximum atomic E-state index is 13.4. The summed E-state index contributed by atoms with van der Waals surface area (Å²) in [4.78, 5) is 14.1. The normalized spacial score (nSPS) is 40.0. The number of nitrogens with one attached hydrogen (secondary N) is 1. The number of rotatable bonds is 3. The van der Waals surface area contributed by atoms with Gasteiger partial charge in [0.1, 0.15) is 5.67 Å². The number of halogens is 1. The van der Waals surface area contributed by atoms with Crippen LogP contribution in [0.5, 0.6) is 0 Å². The van der Waals surface area contributed by atoms with Crippen LogP contribution in [0.1, 0.15) is 40.0 Å². The molecular formula is C14H25FN2O2. The van der Waals surface area contributed by atoms with E-state index in [0.717, 1.165) is 13.0 Å². The lowest BCUT2D eigenvalue weighted by atomic mass is 9.73. The van der Waals surface area contributed by atoms with Gasteiger partial charge >= 0.3 is 0 Å². The molecule has 0 aromatic rings. The number of nitrogens with zero attached hydrogens (tertiary/aromatic N) is 1. The predicted molar refractivity (Wildman–Crippen MR) is 71.5 cm³/mol. The number of likely N-dealkylation sites (tertiary alicyclic amines) is 1. The fourth-order valence-corrected chi connectivity index (χ4v) is 3.05. The number of carbonyl (C=O) groups is 1. The van der Waals surface area contributed by atoms with E-state index in [1.165, 1.54) is 6.92 Å². The third-order valence-corrected chi connectivity index (χ3v) is 4.39. The number of piperidine rings is 1. The van der Waals surface area contributed by atoms with Crippen molar-refractivity contribution < 1.29 is 14.3 Å². The predicted octanol–water partition coefficient (Wildman–Crippen LogP) is 1.08. The molecule has 2 fully saturated rings. The molecule has 1 saturated carbocycles. The SMILES string of the molecule is CC(C)N1CCC(NC(=O)C2CC(C)(F)C2)C(O)C1. The van der Waals surface area contributed by atoms with Crippen LogP contribution in [0.2, 0.25) is 0 Å². The van der Waals surface area contributed by atoms with Gasteiger partial charge in [-0.15, -0.1) is 0 Å². The number of hydrogen-bond acceptors (Lipinski definition) is 3. The summed E-state index contributed by atoms with van der Waals surface area (Å²) in [7, 11) is 0. The van der Waals surface area contributed by atoms with E-state index in [4.69, 9.17) is 0 Å². The van der Waals surface area contributed by atoms with E-state index in [1.54, 1.807) is 0 Å². The first-order chi connectivity index (χ1) is 8.78. The lowest BCUT2D eigenvalue weighted by Gasteiger charge is -2.41. The number of amides is 1. The van der Waals surface area contributed by atoms with Crippen molar-refractivity contribution in [2.45, 2.75) is 63.9 Å². The minimum absolute atomic E-state index is 0.0998. The van der Waals surface area contributed by atoms with Crippen molar-refractivity contribution in [3.8, 4) is 0 Å². The zero-order valence-electron chi connectivity index (χ0n) is 12.0. The molecule has 0 aromatic carbocycles. The first-order valence-corrected chi connectivity index (χ1v) is 7.20. The first kappa shape index (κ1) is 14.7. The highest BCUT2D eigenvalue weighted by Crippen LogP contribution is 2.40. The molecule has 0 spiro atoms. The molecular weight excluding hydrogens is 247 g/mol. The van der Waals surface area contributed by atoms with E-state index in [-0.39, 0.29) is 17.9 Å². The summed E-state index contributed by atoms with van der Waals surface area (Å²) < 4.78 is 13.4.